The molecule has 1 aliphatic heterocycles. The van der Waals surface area contributed by atoms with Gasteiger partial charge in [-0.1, -0.05) is 31.2 Å². The maximum atomic E-state index is 12.8. The fraction of sp³-hybridized carbons (Fsp3) is 0.435. The largest absolute Gasteiger partial charge is 0.377 e. The average molecular weight is 366 g/mol. The predicted molar refractivity (Wildman–Crippen MR) is 114 cm³/mol. The van der Waals surface area contributed by atoms with Gasteiger partial charge in [-0.25, -0.2) is 0 Å². The molecule has 0 aromatic heterocycles. The third-order valence-corrected chi connectivity index (χ3v) is 5.16. The van der Waals surface area contributed by atoms with Gasteiger partial charge in [0.15, 0.2) is 5.78 Å². The molecule has 144 valence electrons. The Balaban J connectivity index is 1.93. The SMILES string of the molecule is CCCC(=O)c1cc(Cc2ccccc2N(C)C)ccc1N1CCNCC1. The smallest absolute Gasteiger partial charge is 0.164 e. The van der Waals surface area contributed by atoms with Crippen molar-refractivity contribution in [2.45, 2.75) is 26.2 Å². The Morgan fingerprint density at radius 3 is 2.56 bits per heavy atom. The summed E-state index contributed by atoms with van der Waals surface area (Å²) >= 11 is 0. The fourth-order valence-electron chi connectivity index (χ4n) is 3.78. The number of carbonyl (C=O) groups is 1. The number of nitrogens with one attached hydrogen (secondary N) is 1. The quantitative estimate of drug-likeness (QED) is 0.758. The Labute approximate surface area is 163 Å². The van der Waals surface area contributed by atoms with Crippen LogP contribution >= 0.6 is 0 Å². The number of hydrogen-bond donors (Lipinski definition) is 1. The lowest BCUT2D eigenvalue weighted by atomic mass is 9.96. The first kappa shape index (κ1) is 19.4. The van der Waals surface area contributed by atoms with Crippen LogP contribution in [-0.2, 0) is 6.42 Å². The summed E-state index contributed by atoms with van der Waals surface area (Å²) < 4.78 is 0. The number of rotatable bonds is 7. The van der Waals surface area contributed by atoms with Gasteiger partial charge in [-0.2, -0.15) is 0 Å². The Hall–Kier alpha value is -2.33. The average Bonchev–Trinajstić information content (AvgIpc) is 2.69. The molecular weight excluding hydrogens is 334 g/mol. The number of piperazine rings is 1. The van der Waals surface area contributed by atoms with Gasteiger partial charge in [-0.05, 0) is 42.2 Å². The molecule has 27 heavy (non-hydrogen) atoms. The summed E-state index contributed by atoms with van der Waals surface area (Å²) in [5.41, 5.74) is 5.69. The molecule has 1 saturated heterocycles. The molecule has 0 amide bonds. The van der Waals surface area contributed by atoms with E-state index in [-0.39, 0.29) is 5.78 Å². The van der Waals surface area contributed by atoms with Crippen molar-refractivity contribution < 1.29 is 4.79 Å². The molecule has 0 atom stereocenters. The highest BCUT2D eigenvalue weighted by atomic mass is 16.1. The molecule has 2 aromatic carbocycles. The molecule has 3 rings (SSSR count). The van der Waals surface area contributed by atoms with E-state index >= 15 is 0 Å². The molecule has 0 spiro atoms. The zero-order valence-corrected chi connectivity index (χ0v) is 16.8. The van der Waals surface area contributed by atoms with Gasteiger partial charge in [-0.3, -0.25) is 4.79 Å². The van der Waals surface area contributed by atoms with Crippen molar-refractivity contribution in [2.24, 2.45) is 0 Å². The summed E-state index contributed by atoms with van der Waals surface area (Å²) in [5.74, 6) is 0.258. The summed E-state index contributed by atoms with van der Waals surface area (Å²) in [6.07, 6.45) is 2.33. The van der Waals surface area contributed by atoms with Crippen LogP contribution in [0.3, 0.4) is 0 Å². The van der Waals surface area contributed by atoms with E-state index < -0.39 is 0 Å². The number of anilines is 2. The van der Waals surface area contributed by atoms with E-state index in [0.717, 1.165) is 50.3 Å². The number of carbonyl (C=O) groups excluding carboxylic acids is 1. The third kappa shape index (κ3) is 4.69. The zero-order valence-electron chi connectivity index (χ0n) is 16.8. The minimum absolute atomic E-state index is 0.258. The van der Waals surface area contributed by atoms with Gasteiger partial charge in [0.05, 0.1) is 0 Å². The van der Waals surface area contributed by atoms with E-state index in [2.05, 4.69) is 78.6 Å². The summed E-state index contributed by atoms with van der Waals surface area (Å²) in [5, 5.41) is 3.39. The first-order chi connectivity index (χ1) is 13.1. The van der Waals surface area contributed by atoms with Crippen LogP contribution in [0.1, 0.15) is 41.3 Å². The Kier molecular flexibility index (Phi) is 6.51. The summed E-state index contributed by atoms with van der Waals surface area (Å²) in [6.45, 7) is 5.92. The second-order valence-corrected chi connectivity index (χ2v) is 7.46. The highest BCUT2D eigenvalue weighted by molar-refractivity contribution is 6.01. The van der Waals surface area contributed by atoms with E-state index in [0.29, 0.717) is 6.42 Å². The number of ketones is 1. The van der Waals surface area contributed by atoms with E-state index in [4.69, 9.17) is 0 Å². The molecule has 0 saturated carbocycles. The molecule has 1 aliphatic rings. The normalized spacial score (nSPS) is 14.3. The Bertz CT molecular complexity index is 779. The maximum Gasteiger partial charge on any atom is 0.164 e. The fourth-order valence-corrected chi connectivity index (χ4v) is 3.78. The van der Waals surface area contributed by atoms with E-state index in [1.165, 1.54) is 16.8 Å². The van der Waals surface area contributed by atoms with Crippen LogP contribution < -0.4 is 15.1 Å². The van der Waals surface area contributed by atoms with Crippen LogP contribution in [0.5, 0.6) is 0 Å². The molecule has 0 radical (unpaired) electrons. The van der Waals surface area contributed by atoms with Crippen molar-refractivity contribution in [3.8, 4) is 0 Å². The molecule has 1 heterocycles. The monoisotopic (exact) mass is 365 g/mol. The van der Waals surface area contributed by atoms with Crippen LogP contribution in [-0.4, -0.2) is 46.1 Å². The molecule has 4 heteroatoms. The van der Waals surface area contributed by atoms with Gasteiger partial charge in [0, 0.05) is 63.6 Å². The minimum atomic E-state index is 0.258. The van der Waals surface area contributed by atoms with E-state index in [1.54, 1.807) is 0 Å². The molecule has 1 fully saturated rings. The third-order valence-electron chi connectivity index (χ3n) is 5.16. The summed E-state index contributed by atoms with van der Waals surface area (Å²) in [7, 11) is 4.14. The van der Waals surface area contributed by atoms with Crippen LogP contribution in [0.15, 0.2) is 42.5 Å². The van der Waals surface area contributed by atoms with Crippen LogP contribution in [0.4, 0.5) is 11.4 Å². The van der Waals surface area contributed by atoms with E-state index in [1.807, 2.05) is 0 Å². The highest BCUT2D eigenvalue weighted by Crippen LogP contribution is 2.27. The van der Waals surface area contributed by atoms with Crippen molar-refractivity contribution in [3.05, 3.63) is 59.2 Å². The maximum absolute atomic E-state index is 12.8. The van der Waals surface area contributed by atoms with Gasteiger partial charge >= 0.3 is 0 Å². The summed E-state index contributed by atoms with van der Waals surface area (Å²) in [4.78, 5) is 17.3. The van der Waals surface area contributed by atoms with Crippen LogP contribution in [0.25, 0.3) is 0 Å². The molecular formula is C23H31N3O. The second kappa shape index (κ2) is 9.05. The molecule has 0 aliphatic carbocycles. The van der Waals surface area contributed by atoms with Crippen LogP contribution in [0, 0.1) is 0 Å². The minimum Gasteiger partial charge on any atom is -0.377 e. The number of benzene rings is 2. The molecule has 0 bridgehead atoms. The summed E-state index contributed by atoms with van der Waals surface area (Å²) in [6, 6.07) is 14.9. The zero-order chi connectivity index (χ0) is 19.2. The number of nitrogens with zero attached hydrogens (tertiary/aromatic N) is 2. The number of Topliss-reactive ketones (excluding diaryl/α,β-unsaturated/α-hetero) is 1. The van der Waals surface area contributed by atoms with Crippen molar-refractivity contribution >= 4 is 17.2 Å². The molecule has 0 unspecified atom stereocenters. The van der Waals surface area contributed by atoms with Crippen molar-refractivity contribution in [1.82, 2.24) is 5.32 Å². The lowest BCUT2D eigenvalue weighted by molar-refractivity contribution is 0.0982. The lowest BCUT2D eigenvalue weighted by Crippen LogP contribution is -2.44. The molecule has 1 N–H and O–H groups in total. The standard InChI is InChI=1S/C23H31N3O/c1-4-7-23(27)20-17-18(10-11-22(20)26-14-12-24-13-15-26)16-19-8-5-6-9-21(19)25(2)3/h5-6,8-11,17,24H,4,7,12-16H2,1-3H3. The first-order valence-corrected chi connectivity index (χ1v) is 9.97. The van der Waals surface area contributed by atoms with Gasteiger partial charge in [0.25, 0.3) is 0 Å². The number of hydrogen-bond acceptors (Lipinski definition) is 4. The number of para-hydroxylation sites is 1. The van der Waals surface area contributed by atoms with E-state index in [9.17, 15) is 4.79 Å². The first-order valence-electron chi connectivity index (χ1n) is 9.97. The topological polar surface area (TPSA) is 35.6 Å². The van der Waals surface area contributed by atoms with Crippen molar-refractivity contribution in [1.29, 1.82) is 0 Å². The highest BCUT2D eigenvalue weighted by Gasteiger charge is 2.19. The lowest BCUT2D eigenvalue weighted by Gasteiger charge is -2.31. The Morgan fingerprint density at radius 1 is 1.11 bits per heavy atom. The Morgan fingerprint density at radius 2 is 1.85 bits per heavy atom. The van der Waals surface area contributed by atoms with Gasteiger partial charge < -0.3 is 15.1 Å². The van der Waals surface area contributed by atoms with Crippen molar-refractivity contribution in [3.63, 3.8) is 0 Å². The molecule has 2 aromatic rings. The van der Waals surface area contributed by atoms with Gasteiger partial charge in [0.2, 0.25) is 0 Å². The second-order valence-electron chi connectivity index (χ2n) is 7.46. The van der Waals surface area contributed by atoms with Gasteiger partial charge in [0.1, 0.15) is 0 Å². The van der Waals surface area contributed by atoms with Gasteiger partial charge in [-0.15, -0.1) is 0 Å². The van der Waals surface area contributed by atoms with Crippen molar-refractivity contribution in [2.75, 3.05) is 50.1 Å². The molecule has 4 nitrogen and oxygen atoms in total. The van der Waals surface area contributed by atoms with Crippen LogP contribution in [0.2, 0.25) is 0 Å². The predicted octanol–water partition coefficient (Wildman–Crippen LogP) is 3.74.